The van der Waals surface area contributed by atoms with Gasteiger partial charge in [-0.25, -0.2) is 4.98 Å². The van der Waals surface area contributed by atoms with Crippen LogP contribution >= 0.6 is 34.8 Å². The van der Waals surface area contributed by atoms with Crippen molar-refractivity contribution < 1.29 is 9.63 Å². The fraction of sp³-hybridized carbons (Fsp3) is 0.0769. The highest BCUT2D eigenvalue weighted by molar-refractivity contribution is 6.42. The monoisotopic (exact) mass is 494 g/mol. The summed E-state index contributed by atoms with van der Waals surface area (Å²) in [6.07, 6.45) is 0. The van der Waals surface area contributed by atoms with E-state index in [2.05, 4.69) is 10.1 Å². The Morgan fingerprint density at radius 2 is 1.55 bits per heavy atom. The van der Waals surface area contributed by atoms with Crippen LogP contribution in [0.25, 0.3) is 22.0 Å². The first-order valence-electron chi connectivity index (χ1n) is 10.1. The van der Waals surface area contributed by atoms with E-state index in [0.717, 1.165) is 5.56 Å². The molecule has 164 valence electrons. The molecule has 2 aromatic heterocycles. The molecule has 0 bridgehead atoms. The molecule has 0 spiro atoms. The van der Waals surface area contributed by atoms with Crippen molar-refractivity contribution in [2.75, 3.05) is 0 Å². The van der Waals surface area contributed by atoms with Crippen molar-refractivity contribution >= 4 is 45.7 Å². The SMILES string of the molecule is Cc1cc(C(O)(c2ccc(Cl)cc2)c2ccc3nc(Cl)c(-c4ccccc4)c(Cl)c3c2)on1. The molecule has 0 saturated heterocycles. The highest BCUT2D eigenvalue weighted by Crippen LogP contribution is 2.42. The lowest BCUT2D eigenvalue weighted by Gasteiger charge is -2.27. The van der Waals surface area contributed by atoms with Gasteiger partial charge in [0.15, 0.2) is 11.4 Å². The Bertz CT molecular complexity index is 1470. The number of hydrogen-bond donors (Lipinski definition) is 1. The van der Waals surface area contributed by atoms with Crippen LogP contribution in [0.4, 0.5) is 0 Å². The Labute approximate surface area is 205 Å². The summed E-state index contributed by atoms with van der Waals surface area (Å²) in [5, 5.41) is 18.0. The summed E-state index contributed by atoms with van der Waals surface area (Å²) in [4.78, 5) is 4.54. The summed E-state index contributed by atoms with van der Waals surface area (Å²) >= 11 is 19.5. The Morgan fingerprint density at radius 3 is 2.21 bits per heavy atom. The number of hydrogen-bond acceptors (Lipinski definition) is 4. The van der Waals surface area contributed by atoms with Gasteiger partial charge in [-0.1, -0.05) is 88.5 Å². The van der Waals surface area contributed by atoms with Crippen LogP contribution in [0.5, 0.6) is 0 Å². The van der Waals surface area contributed by atoms with E-state index in [-0.39, 0.29) is 5.76 Å². The molecule has 1 atom stereocenters. The third-order valence-corrected chi connectivity index (χ3v) is 6.52. The molecular weight excluding hydrogens is 479 g/mol. The van der Waals surface area contributed by atoms with Gasteiger partial charge in [0.2, 0.25) is 0 Å². The Hall–Kier alpha value is -2.89. The van der Waals surface area contributed by atoms with Gasteiger partial charge in [0, 0.05) is 22.0 Å². The van der Waals surface area contributed by atoms with Crippen LogP contribution in [0.1, 0.15) is 22.6 Å². The minimum atomic E-state index is -1.63. The third-order valence-electron chi connectivity index (χ3n) is 5.60. The lowest BCUT2D eigenvalue weighted by Crippen LogP contribution is -2.28. The first-order chi connectivity index (χ1) is 15.9. The largest absolute Gasteiger partial charge is 0.373 e. The number of halogens is 3. The van der Waals surface area contributed by atoms with Gasteiger partial charge in [-0.05, 0) is 47.9 Å². The zero-order chi connectivity index (χ0) is 23.2. The zero-order valence-corrected chi connectivity index (χ0v) is 19.7. The molecule has 0 fully saturated rings. The minimum absolute atomic E-state index is 0.281. The van der Waals surface area contributed by atoms with Crippen LogP contribution in [0.3, 0.4) is 0 Å². The van der Waals surface area contributed by atoms with Crippen molar-refractivity contribution in [2.45, 2.75) is 12.5 Å². The zero-order valence-electron chi connectivity index (χ0n) is 17.4. The standard InChI is InChI=1S/C26H17Cl3N2O2/c1-15-13-22(33-31-15)26(32,17-7-10-19(27)11-8-17)18-9-12-21-20(14-18)24(28)23(25(29)30-21)16-5-3-2-4-6-16/h2-14,32H,1H3. The van der Waals surface area contributed by atoms with E-state index in [1.165, 1.54) is 0 Å². The number of nitrogens with zero attached hydrogens (tertiary/aromatic N) is 2. The van der Waals surface area contributed by atoms with E-state index in [1.807, 2.05) is 30.3 Å². The van der Waals surface area contributed by atoms with E-state index in [1.54, 1.807) is 55.5 Å². The second kappa shape index (κ2) is 8.47. The van der Waals surface area contributed by atoms with Gasteiger partial charge in [-0.3, -0.25) is 0 Å². The summed E-state index contributed by atoms with van der Waals surface area (Å²) in [7, 11) is 0. The number of rotatable bonds is 4. The Morgan fingerprint density at radius 1 is 0.848 bits per heavy atom. The van der Waals surface area contributed by atoms with Crippen LogP contribution in [0.2, 0.25) is 15.2 Å². The van der Waals surface area contributed by atoms with Gasteiger partial charge in [-0.15, -0.1) is 0 Å². The Kier molecular flexibility index (Phi) is 5.63. The predicted molar refractivity (Wildman–Crippen MR) is 132 cm³/mol. The maximum absolute atomic E-state index is 12.1. The van der Waals surface area contributed by atoms with Crippen LogP contribution in [0, 0.1) is 6.92 Å². The van der Waals surface area contributed by atoms with Crippen LogP contribution in [0.15, 0.2) is 83.4 Å². The Balaban J connectivity index is 1.77. The second-order valence-corrected chi connectivity index (χ2v) is 8.91. The average Bonchev–Trinajstić information content (AvgIpc) is 3.26. The quantitative estimate of drug-likeness (QED) is 0.263. The molecular formula is C26H17Cl3N2O2. The van der Waals surface area contributed by atoms with Crippen molar-refractivity contribution in [3.63, 3.8) is 0 Å². The van der Waals surface area contributed by atoms with Gasteiger partial charge in [0.05, 0.1) is 16.2 Å². The summed E-state index contributed by atoms with van der Waals surface area (Å²) in [5.41, 5.74) is 2.23. The molecule has 3 aromatic carbocycles. The molecule has 2 heterocycles. The van der Waals surface area contributed by atoms with Crippen molar-refractivity contribution in [2.24, 2.45) is 0 Å². The number of aliphatic hydroxyl groups is 1. The maximum atomic E-state index is 12.1. The minimum Gasteiger partial charge on any atom is -0.373 e. The number of benzene rings is 3. The van der Waals surface area contributed by atoms with Gasteiger partial charge in [0.25, 0.3) is 0 Å². The van der Waals surface area contributed by atoms with Gasteiger partial charge >= 0.3 is 0 Å². The number of aryl methyl sites for hydroxylation is 1. The van der Waals surface area contributed by atoms with Gasteiger partial charge in [0.1, 0.15) is 5.15 Å². The molecule has 0 radical (unpaired) electrons. The molecule has 0 aliphatic rings. The van der Waals surface area contributed by atoms with Crippen molar-refractivity contribution in [1.82, 2.24) is 10.1 Å². The van der Waals surface area contributed by atoms with Gasteiger partial charge < -0.3 is 9.63 Å². The van der Waals surface area contributed by atoms with E-state index >= 15 is 0 Å². The number of aromatic nitrogens is 2. The summed E-state index contributed by atoms with van der Waals surface area (Å²) in [5.74, 6) is 0.281. The fourth-order valence-electron chi connectivity index (χ4n) is 3.95. The van der Waals surface area contributed by atoms with E-state index in [9.17, 15) is 5.11 Å². The van der Waals surface area contributed by atoms with Crippen molar-refractivity contribution in [1.29, 1.82) is 0 Å². The van der Waals surface area contributed by atoms with Crippen LogP contribution in [-0.4, -0.2) is 15.2 Å². The highest BCUT2D eigenvalue weighted by atomic mass is 35.5. The summed E-state index contributed by atoms with van der Waals surface area (Å²) in [6.45, 7) is 1.80. The molecule has 0 amide bonds. The molecule has 0 aliphatic carbocycles. The van der Waals surface area contributed by atoms with E-state index in [4.69, 9.17) is 39.3 Å². The normalized spacial score (nSPS) is 13.2. The van der Waals surface area contributed by atoms with Gasteiger partial charge in [-0.2, -0.15) is 0 Å². The smallest absolute Gasteiger partial charge is 0.177 e. The molecule has 33 heavy (non-hydrogen) atoms. The molecule has 0 aliphatic heterocycles. The molecule has 7 heteroatoms. The fourth-order valence-corrected chi connectivity index (χ4v) is 4.77. The first-order valence-corrected chi connectivity index (χ1v) is 11.3. The van der Waals surface area contributed by atoms with Crippen LogP contribution in [-0.2, 0) is 5.60 Å². The highest BCUT2D eigenvalue weighted by Gasteiger charge is 2.38. The summed E-state index contributed by atoms with van der Waals surface area (Å²) in [6, 6.07) is 23.6. The topological polar surface area (TPSA) is 59.2 Å². The number of fused-ring (bicyclic) bond motifs is 1. The maximum Gasteiger partial charge on any atom is 0.177 e. The van der Waals surface area contributed by atoms with E-state index < -0.39 is 5.60 Å². The number of pyridine rings is 1. The predicted octanol–water partition coefficient (Wildman–Crippen LogP) is 7.44. The lowest BCUT2D eigenvalue weighted by atomic mass is 9.83. The van der Waals surface area contributed by atoms with Crippen molar-refractivity contribution in [3.8, 4) is 11.1 Å². The first kappa shape index (κ1) is 21.9. The molecule has 0 saturated carbocycles. The third kappa shape index (κ3) is 3.79. The lowest BCUT2D eigenvalue weighted by molar-refractivity contribution is 0.0909. The average molecular weight is 496 g/mol. The second-order valence-electron chi connectivity index (χ2n) is 7.74. The molecule has 5 aromatic rings. The molecule has 1 N–H and O–H groups in total. The molecule has 5 rings (SSSR count). The molecule has 4 nitrogen and oxygen atoms in total. The summed E-state index contributed by atoms with van der Waals surface area (Å²) < 4.78 is 5.52. The van der Waals surface area contributed by atoms with Crippen LogP contribution < -0.4 is 0 Å². The molecule has 1 unspecified atom stereocenters. The van der Waals surface area contributed by atoms with E-state index in [0.29, 0.717) is 48.5 Å². The van der Waals surface area contributed by atoms with Crippen molar-refractivity contribution in [3.05, 3.63) is 117 Å².